The molecular formula is C17H19FN2O2. The normalized spacial score (nSPS) is 15.7. The van der Waals surface area contributed by atoms with Gasteiger partial charge in [0.05, 0.1) is 12.1 Å². The van der Waals surface area contributed by atoms with Gasteiger partial charge in [-0.3, -0.25) is 4.79 Å². The van der Waals surface area contributed by atoms with Crippen LogP contribution in [0.3, 0.4) is 0 Å². The van der Waals surface area contributed by atoms with E-state index in [1.165, 1.54) is 37.7 Å². The molecule has 1 aromatic heterocycles. The highest BCUT2D eigenvalue weighted by molar-refractivity contribution is 5.78. The fraction of sp³-hybridized carbons (Fsp3) is 0.412. The number of aromatic nitrogens is 1. The van der Waals surface area contributed by atoms with E-state index < -0.39 is 0 Å². The third kappa shape index (κ3) is 3.72. The van der Waals surface area contributed by atoms with Gasteiger partial charge in [-0.25, -0.2) is 9.37 Å². The molecule has 22 heavy (non-hydrogen) atoms. The van der Waals surface area contributed by atoms with Crippen LogP contribution >= 0.6 is 0 Å². The minimum absolute atomic E-state index is 0.0224. The van der Waals surface area contributed by atoms with Gasteiger partial charge in [-0.2, -0.15) is 0 Å². The molecule has 0 unspecified atom stereocenters. The Morgan fingerprint density at radius 3 is 2.68 bits per heavy atom. The Balaban J connectivity index is 1.59. The third-order valence-electron chi connectivity index (χ3n) is 3.95. The molecule has 2 aromatic rings. The quantitative estimate of drug-likeness (QED) is 0.941. The Morgan fingerprint density at radius 2 is 1.95 bits per heavy atom. The van der Waals surface area contributed by atoms with Gasteiger partial charge < -0.3 is 9.73 Å². The number of nitrogens with one attached hydrogen (secondary N) is 1. The van der Waals surface area contributed by atoms with Crippen LogP contribution < -0.4 is 5.32 Å². The molecule has 4 nitrogen and oxygen atoms in total. The number of hydrogen-bond donors (Lipinski definition) is 1. The minimum Gasteiger partial charge on any atom is -0.444 e. The standard InChI is InChI=1S/C17H19FN2O2/c18-13-8-6-12(7-9-13)17-20-15(11-22-17)10-16(21)19-14-4-2-1-3-5-14/h6-9,11,14H,1-5,10H2,(H,19,21). The van der Waals surface area contributed by atoms with Gasteiger partial charge in [0.25, 0.3) is 0 Å². The number of carbonyl (C=O) groups is 1. The summed E-state index contributed by atoms with van der Waals surface area (Å²) in [5, 5.41) is 3.05. The zero-order chi connectivity index (χ0) is 15.4. The van der Waals surface area contributed by atoms with Crippen molar-refractivity contribution < 1.29 is 13.6 Å². The van der Waals surface area contributed by atoms with E-state index in [9.17, 15) is 9.18 Å². The Bertz CT molecular complexity index is 630. The lowest BCUT2D eigenvalue weighted by Crippen LogP contribution is -2.37. The average Bonchev–Trinajstić information content (AvgIpc) is 2.97. The topological polar surface area (TPSA) is 55.1 Å². The second-order valence-electron chi connectivity index (χ2n) is 5.73. The SMILES string of the molecule is O=C(Cc1coc(-c2ccc(F)cc2)n1)NC1CCCCC1. The van der Waals surface area contributed by atoms with Crippen molar-refractivity contribution in [3.05, 3.63) is 42.0 Å². The van der Waals surface area contributed by atoms with Crippen LogP contribution in [-0.4, -0.2) is 16.9 Å². The highest BCUT2D eigenvalue weighted by Gasteiger charge is 2.17. The molecule has 0 bridgehead atoms. The molecule has 1 aliphatic rings. The predicted molar refractivity (Wildman–Crippen MR) is 80.6 cm³/mol. The number of benzene rings is 1. The Hall–Kier alpha value is -2.17. The van der Waals surface area contributed by atoms with Gasteiger partial charge in [0, 0.05) is 11.6 Å². The van der Waals surface area contributed by atoms with Gasteiger partial charge in [0.1, 0.15) is 12.1 Å². The van der Waals surface area contributed by atoms with Crippen LogP contribution in [0.15, 0.2) is 34.9 Å². The zero-order valence-corrected chi connectivity index (χ0v) is 12.3. The summed E-state index contributed by atoms with van der Waals surface area (Å²) in [4.78, 5) is 16.3. The van der Waals surface area contributed by atoms with Crippen molar-refractivity contribution >= 4 is 5.91 Å². The maximum absolute atomic E-state index is 12.9. The van der Waals surface area contributed by atoms with E-state index in [0.29, 0.717) is 23.2 Å². The van der Waals surface area contributed by atoms with Crippen molar-refractivity contribution in [2.24, 2.45) is 0 Å². The van der Waals surface area contributed by atoms with Crippen LogP contribution in [-0.2, 0) is 11.2 Å². The van der Waals surface area contributed by atoms with Gasteiger partial charge in [-0.05, 0) is 37.1 Å². The number of rotatable bonds is 4. The summed E-state index contributed by atoms with van der Waals surface area (Å²) in [7, 11) is 0. The molecule has 1 aliphatic carbocycles. The minimum atomic E-state index is -0.303. The van der Waals surface area contributed by atoms with Crippen molar-refractivity contribution in [1.82, 2.24) is 10.3 Å². The largest absolute Gasteiger partial charge is 0.444 e. The summed E-state index contributed by atoms with van der Waals surface area (Å²) >= 11 is 0. The monoisotopic (exact) mass is 302 g/mol. The van der Waals surface area contributed by atoms with Crippen molar-refractivity contribution in [2.75, 3.05) is 0 Å². The average molecular weight is 302 g/mol. The van der Waals surface area contributed by atoms with Crippen LogP contribution in [0.4, 0.5) is 4.39 Å². The van der Waals surface area contributed by atoms with E-state index in [4.69, 9.17) is 4.42 Å². The van der Waals surface area contributed by atoms with Gasteiger partial charge in [-0.15, -0.1) is 0 Å². The van der Waals surface area contributed by atoms with E-state index in [-0.39, 0.29) is 18.1 Å². The fourth-order valence-corrected chi connectivity index (χ4v) is 2.80. The van der Waals surface area contributed by atoms with E-state index >= 15 is 0 Å². The van der Waals surface area contributed by atoms with Crippen LogP contribution in [0, 0.1) is 5.82 Å². The van der Waals surface area contributed by atoms with Crippen LogP contribution in [0.1, 0.15) is 37.8 Å². The summed E-state index contributed by atoms with van der Waals surface area (Å²) in [6, 6.07) is 6.22. The third-order valence-corrected chi connectivity index (χ3v) is 3.95. The smallest absolute Gasteiger partial charge is 0.226 e. The molecular weight excluding hydrogens is 283 g/mol. The van der Waals surface area contributed by atoms with E-state index in [1.807, 2.05) is 0 Å². The Labute approximate surface area is 128 Å². The molecule has 1 amide bonds. The molecule has 116 valence electrons. The molecule has 1 N–H and O–H groups in total. The first-order valence-electron chi connectivity index (χ1n) is 7.70. The van der Waals surface area contributed by atoms with Crippen molar-refractivity contribution in [3.63, 3.8) is 0 Å². The van der Waals surface area contributed by atoms with Gasteiger partial charge in [0.15, 0.2) is 0 Å². The Morgan fingerprint density at radius 1 is 1.23 bits per heavy atom. The summed E-state index contributed by atoms with van der Waals surface area (Å²) in [6.45, 7) is 0. The molecule has 3 rings (SSSR count). The molecule has 0 spiro atoms. The van der Waals surface area contributed by atoms with E-state index in [2.05, 4.69) is 10.3 Å². The zero-order valence-electron chi connectivity index (χ0n) is 12.3. The maximum Gasteiger partial charge on any atom is 0.226 e. The summed E-state index contributed by atoms with van der Waals surface area (Å²) in [5.74, 6) is 0.0775. The number of oxazole rings is 1. The first-order chi connectivity index (χ1) is 10.7. The van der Waals surface area contributed by atoms with Crippen LogP contribution in [0.2, 0.25) is 0 Å². The molecule has 5 heteroatoms. The molecule has 0 aliphatic heterocycles. The number of nitrogens with zero attached hydrogens (tertiary/aromatic N) is 1. The van der Waals surface area contributed by atoms with Crippen LogP contribution in [0.5, 0.6) is 0 Å². The predicted octanol–water partition coefficient (Wildman–Crippen LogP) is 3.47. The van der Waals surface area contributed by atoms with Gasteiger partial charge in [-0.1, -0.05) is 19.3 Å². The van der Waals surface area contributed by atoms with Gasteiger partial charge in [0.2, 0.25) is 11.8 Å². The van der Waals surface area contributed by atoms with E-state index in [0.717, 1.165) is 12.8 Å². The summed E-state index contributed by atoms with van der Waals surface area (Å²) in [5.41, 5.74) is 1.29. The number of amides is 1. The molecule has 1 heterocycles. The summed E-state index contributed by atoms with van der Waals surface area (Å²) < 4.78 is 18.3. The van der Waals surface area contributed by atoms with Gasteiger partial charge >= 0.3 is 0 Å². The first kappa shape index (κ1) is 14.8. The number of halogens is 1. The fourth-order valence-electron chi connectivity index (χ4n) is 2.80. The van der Waals surface area contributed by atoms with E-state index in [1.54, 1.807) is 12.1 Å². The molecule has 1 aromatic carbocycles. The maximum atomic E-state index is 12.9. The summed E-state index contributed by atoms with van der Waals surface area (Å²) in [6.07, 6.45) is 7.45. The highest BCUT2D eigenvalue weighted by Crippen LogP contribution is 2.20. The molecule has 0 atom stereocenters. The second kappa shape index (κ2) is 6.73. The highest BCUT2D eigenvalue weighted by atomic mass is 19.1. The lowest BCUT2D eigenvalue weighted by molar-refractivity contribution is -0.121. The molecule has 1 saturated carbocycles. The lowest BCUT2D eigenvalue weighted by Gasteiger charge is -2.22. The van der Waals surface area contributed by atoms with Crippen LogP contribution in [0.25, 0.3) is 11.5 Å². The van der Waals surface area contributed by atoms with Crippen molar-refractivity contribution in [1.29, 1.82) is 0 Å². The lowest BCUT2D eigenvalue weighted by atomic mass is 9.95. The molecule has 1 fully saturated rings. The Kier molecular flexibility index (Phi) is 4.51. The second-order valence-corrected chi connectivity index (χ2v) is 5.73. The molecule has 0 radical (unpaired) electrons. The molecule has 0 saturated heterocycles. The van der Waals surface area contributed by atoms with Crippen molar-refractivity contribution in [2.45, 2.75) is 44.6 Å². The van der Waals surface area contributed by atoms with Crippen molar-refractivity contribution in [3.8, 4) is 11.5 Å². The number of carbonyl (C=O) groups excluding carboxylic acids is 1. The first-order valence-corrected chi connectivity index (χ1v) is 7.70. The number of hydrogen-bond acceptors (Lipinski definition) is 3.